The fraction of sp³-hybridized carbons (Fsp3) is 0.455. The van der Waals surface area contributed by atoms with Crippen LogP contribution in [0, 0.1) is 0 Å². The van der Waals surface area contributed by atoms with Crippen molar-refractivity contribution in [2.75, 3.05) is 50.6 Å². The van der Waals surface area contributed by atoms with Crippen LogP contribution in [0.15, 0.2) is 47.5 Å². The van der Waals surface area contributed by atoms with Gasteiger partial charge in [-0.15, -0.1) is 24.0 Å². The van der Waals surface area contributed by atoms with E-state index in [2.05, 4.69) is 39.6 Å². The highest BCUT2D eigenvalue weighted by atomic mass is 127. The van der Waals surface area contributed by atoms with Gasteiger partial charge in [0.25, 0.3) is 0 Å². The first-order valence-electron chi connectivity index (χ1n) is 10.2. The molecule has 2 N–H and O–H groups in total. The number of hydrogen-bond acceptors (Lipinski definition) is 5. The van der Waals surface area contributed by atoms with E-state index in [0.717, 1.165) is 55.0 Å². The summed E-state index contributed by atoms with van der Waals surface area (Å²) in [4.78, 5) is 13.8. The fourth-order valence-electron chi connectivity index (χ4n) is 3.47. The lowest BCUT2D eigenvalue weighted by molar-refractivity contribution is 0.415. The number of anilines is 2. The van der Waals surface area contributed by atoms with E-state index in [-0.39, 0.29) is 24.0 Å². The molecule has 1 saturated heterocycles. The fourth-order valence-corrected chi connectivity index (χ4v) is 3.47. The average molecular weight is 524 g/mol. The molecule has 0 aliphatic carbocycles. The summed E-state index contributed by atoms with van der Waals surface area (Å²) in [7, 11) is 5.71. The Morgan fingerprint density at radius 2 is 2.03 bits per heavy atom. The number of aliphatic imine (C=N–C) groups is 1. The zero-order valence-corrected chi connectivity index (χ0v) is 20.6. The molecule has 1 aliphatic rings. The summed E-state index contributed by atoms with van der Waals surface area (Å²) in [6.07, 6.45) is 1.05. The zero-order chi connectivity index (χ0) is 20.6. The smallest absolute Gasteiger partial charge is 0.191 e. The van der Waals surface area contributed by atoms with E-state index in [9.17, 15) is 0 Å². The molecule has 1 aromatic carbocycles. The lowest BCUT2D eigenvalue weighted by Gasteiger charge is -2.22. The van der Waals surface area contributed by atoms with Gasteiger partial charge in [-0.05, 0) is 37.6 Å². The predicted molar refractivity (Wildman–Crippen MR) is 136 cm³/mol. The molecule has 8 heteroatoms. The second-order valence-electron chi connectivity index (χ2n) is 7.32. The first-order chi connectivity index (χ1) is 14.1. The van der Waals surface area contributed by atoms with Crippen molar-refractivity contribution < 1.29 is 4.74 Å². The molecular weight excluding hydrogens is 491 g/mol. The van der Waals surface area contributed by atoms with Crippen LogP contribution in [-0.2, 0) is 6.54 Å². The number of guanidine groups is 1. The normalized spacial score (nSPS) is 16.1. The molecule has 0 bridgehead atoms. The highest BCUT2D eigenvalue weighted by Gasteiger charge is 2.25. The van der Waals surface area contributed by atoms with Crippen LogP contribution in [0.3, 0.4) is 0 Å². The first kappa shape index (κ1) is 24.0. The molecule has 30 heavy (non-hydrogen) atoms. The maximum atomic E-state index is 5.52. The Balaban J connectivity index is 0.00000320. The van der Waals surface area contributed by atoms with Crippen molar-refractivity contribution in [2.24, 2.45) is 4.99 Å². The van der Waals surface area contributed by atoms with E-state index >= 15 is 0 Å². The Labute approximate surface area is 196 Å². The molecule has 0 amide bonds. The van der Waals surface area contributed by atoms with Crippen LogP contribution in [0.2, 0.25) is 0 Å². The van der Waals surface area contributed by atoms with Gasteiger partial charge in [0.15, 0.2) is 5.96 Å². The SMILES string of the molecule is CCNC(=NCc1cccc(N(C)C)n1)NC1CCN(c2ccccc2OC)C1.I. The van der Waals surface area contributed by atoms with Gasteiger partial charge in [0.1, 0.15) is 11.6 Å². The Bertz CT molecular complexity index is 829. The lowest BCUT2D eigenvalue weighted by atomic mass is 10.2. The van der Waals surface area contributed by atoms with Crippen LogP contribution >= 0.6 is 24.0 Å². The largest absolute Gasteiger partial charge is 0.495 e. The number of para-hydroxylation sites is 2. The van der Waals surface area contributed by atoms with Crippen molar-refractivity contribution in [1.82, 2.24) is 15.6 Å². The molecule has 0 saturated carbocycles. The molecule has 1 unspecified atom stereocenters. The maximum absolute atomic E-state index is 5.52. The molecule has 7 nitrogen and oxygen atoms in total. The topological polar surface area (TPSA) is 65.0 Å². The summed E-state index contributed by atoms with van der Waals surface area (Å²) in [5.74, 6) is 2.69. The third-order valence-electron chi connectivity index (χ3n) is 4.95. The zero-order valence-electron chi connectivity index (χ0n) is 18.3. The van der Waals surface area contributed by atoms with E-state index in [1.165, 1.54) is 0 Å². The summed E-state index contributed by atoms with van der Waals surface area (Å²) in [5.41, 5.74) is 2.10. The molecule has 1 aliphatic heterocycles. The van der Waals surface area contributed by atoms with Crippen LogP contribution in [0.25, 0.3) is 0 Å². The Morgan fingerprint density at radius 3 is 2.77 bits per heavy atom. The van der Waals surface area contributed by atoms with E-state index in [1.54, 1.807) is 7.11 Å². The minimum Gasteiger partial charge on any atom is -0.495 e. The number of methoxy groups -OCH3 is 1. The number of benzene rings is 1. The van der Waals surface area contributed by atoms with E-state index in [0.29, 0.717) is 12.6 Å². The van der Waals surface area contributed by atoms with Gasteiger partial charge in [-0.2, -0.15) is 0 Å². The van der Waals surface area contributed by atoms with E-state index in [4.69, 9.17) is 9.73 Å². The minimum atomic E-state index is 0. The van der Waals surface area contributed by atoms with Crippen LogP contribution in [0.5, 0.6) is 5.75 Å². The summed E-state index contributed by atoms with van der Waals surface area (Å²) in [6.45, 7) is 5.35. The Hall–Kier alpha value is -2.23. The molecule has 2 heterocycles. The Morgan fingerprint density at radius 1 is 1.23 bits per heavy atom. The summed E-state index contributed by atoms with van der Waals surface area (Å²) in [5, 5.41) is 6.93. The third kappa shape index (κ3) is 6.38. The van der Waals surface area contributed by atoms with Crippen molar-refractivity contribution >= 4 is 41.4 Å². The summed E-state index contributed by atoms with van der Waals surface area (Å²) in [6, 6.07) is 14.6. The molecule has 164 valence electrons. The van der Waals surface area contributed by atoms with Gasteiger partial charge in [-0.1, -0.05) is 18.2 Å². The van der Waals surface area contributed by atoms with Crippen LogP contribution < -0.4 is 25.2 Å². The van der Waals surface area contributed by atoms with E-state index in [1.807, 2.05) is 49.3 Å². The lowest BCUT2D eigenvalue weighted by Crippen LogP contribution is -2.44. The molecule has 3 rings (SSSR count). The second-order valence-corrected chi connectivity index (χ2v) is 7.32. The van der Waals surface area contributed by atoms with Crippen molar-refractivity contribution in [3.05, 3.63) is 48.2 Å². The second kappa shape index (κ2) is 11.8. The average Bonchev–Trinajstić information content (AvgIpc) is 3.20. The van der Waals surface area contributed by atoms with Crippen molar-refractivity contribution in [3.63, 3.8) is 0 Å². The van der Waals surface area contributed by atoms with Crippen molar-refractivity contribution in [1.29, 1.82) is 0 Å². The number of ether oxygens (including phenoxy) is 1. The monoisotopic (exact) mass is 524 g/mol. The molecular formula is C22H33IN6O. The first-order valence-corrected chi connectivity index (χ1v) is 10.2. The van der Waals surface area contributed by atoms with Gasteiger partial charge in [-0.25, -0.2) is 9.98 Å². The van der Waals surface area contributed by atoms with Crippen molar-refractivity contribution in [2.45, 2.75) is 25.9 Å². The molecule has 0 spiro atoms. The van der Waals surface area contributed by atoms with Gasteiger partial charge >= 0.3 is 0 Å². The minimum absolute atomic E-state index is 0. The third-order valence-corrected chi connectivity index (χ3v) is 4.95. The number of aromatic nitrogens is 1. The van der Waals surface area contributed by atoms with Gasteiger partial charge in [0.2, 0.25) is 0 Å². The van der Waals surface area contributed by atoms with Gasteiger partial charge in [-0.3, -0.25) is 0 Å². The Kier molecular flexibility index (Phi) is 9.48. The van der Waals surface area contributed by atoms with Gasteiger partial charge < -0.3 is 25.2 Å². The number of pyridine rings is 1. The number of halogens is 1. The number of nitrogens with zero attached hydrogens (tertiary/aromatic N) is 4. The molecule has 2 aromatic rings. The van der Waals surface area contributed by atoms with Crippen LogP contribution in [0.4, 0.5) is 11.5 Å². The standard InChI is InChI=1S/C22H32N6O.HI/c1-5-23-22(24-15-17-9-8-12-21(25-17)27(2)3)26-18-13-14-28(16-18)19-10-6-7-11-20(19)29-4;/h6-12,18H,5,13-16H2,1-4H3,(H2,23,24,26);1H. The predicted octanol–water partition coefficient (Wildman–Crippen LogP) is 3.11. The maximum Gasteiger partial charge on any atom is 0.191 e. The van der Waals surface area contributed by atoms with E-state index < -0.39 is 0 Å². The molecule has 1 fully saturated rings. The molecule has 0 radical (unpaired) electrons. The van der Waals surface area contributed by atoms with Gasteiger partial charge in [0.05, 0.1) is 25.0 Å². The van der Waals surface area contributed by atoms with Crippen LogP contribution in [-0.4, -0.2) is 57.8 Å². The molecule has 1 atom stereocenters. The number of rotatable bonds is 7. The number of hydrogen-bond donors (Lipinski definition) is 2. The quantitative estimate of drug-likeness (QED) is 0.330. The van der Waals surface area contributed by atoms with Gasteiger partial charge in [0, 0.05) is 39.8 Å². The molecule has 1 aromatic heterocycles. The summed E-state index contributed by atoms with van der Waals surface area (Å²) < 4.78 is 5.52. The highest BCUT2D eigenvalue weighted by Crippen LogP contribution is 2.30. The number of nitrogens with one attached hydrogen (secondary N) is 2. The highest BCUT2D eigenvalue weighted by molar-refractivity contribution is 14.0. The summed E-state index contributed by atoms with van der Waals surface area (Å²) >= 11 is 0. The van der Waals surface area contributed by atoms with Crippen molar-refractivity contribution in [3.8, 4) is 5.75 Å². The van der Waals surface area contributed by atoms with Crippen LogP contribution in [0.1, 0.15) is 19.0 Å².